The number of thiazole rings is 1. The standard InChI is InChI=1S/C18H24ClN5O2S/c19-18-21-16(24-5-7-25-8-6-24)15-17(22-18)27-14(20-15)9-23-3-1-12(2-4-23)13-10-26-11-13/h12-13H,1-11H2. The van der Waals surface area contributed by atoms with Crippen molar-refractivity contribution in [2.45, 2.75) is 19.4 Å². The SMILES string of the molecule is Clc1nc(N2CCOCC2)c2nc(CN3CCC(C4COC4)CC3)sc2n1. The number of morpholine rings is 1. The van der Waals surface area contributed by atoms with Gasteiger partial charge in [0.25, 0.3) is 0 Å². The van der Waals surface area contributed by atoms with Crippen LogP contribution in [0, 0.1) is 11.8 Å². The number of aromatic nitrogens is 3. The lowest BCUT2D eigenvalue weighted by Crippen LogP contribution is -2.41. The van der Waals surface area contributed by atoms with Gasteiger partial charge >= 0.3 is 0 Å². The smallest absolute Gasteiger partial charge is 0.225 e. The molecule has 3 fully saturated rings. The Morgan fingerprint density at radius 3 is 2.44 bits per heavy atom. The number of piperidine rings is 1. The zero-order valence-electron chi connectivity index (χ0n) is 15.3. The molecule has 0 amide bonds. The van der Waals surface area contributed by atoms with Gasteiger partial charge in [-0.1, -0.05) is 11.3 Å². The lowest BCUT2D eigenvalue weighted by atomic mass is 9.83. The highest BCUT2D eigenvalue weighted by Gasteiger charge is 2.31. The van der Waals surface area contributed by atoms with E-state index in [4.69, 9.17) is 26.1 Å². The Labute approximate surface area is 167 Å². The van der Waals surface area contributed by atoms with Gasteiger partial charge in [-0.05, 0) is 43.5 Å². The average molecular weight is 410 g/mol. The number of rotatable bonds is 4. The molecule has 5 rings (SSSR count). The fraction of sp³-hybridized carbons (Fsp3) is 0.722. The van der Waals surface area contributed by atoms with Crippen LogP contribution in [0.25, 0.3) is 10.3 Å². The van der Waals surface area contributed by atoms with Crippen molar-refractivity contribution in [2.75, 3.05) is 57.5 Å². The zero-order valence-corrected chi connectivity index (χ0v) is 16.8. The maximum absolute atomic E-state index is 6.19. The van der Waals surface area contributed by atoms with Gasteiger partial charge in [-0.3, -0.25) is 4.90 Å². The van der Waals surface area contributed by atoms with E-state index in [1.807, 2.05) is 0 Å². The second-order valence-corrected chi connectivity index (χ2v) is 8.99. The molecule has 7 nitrogen and oxygen atoms in total. The third-order valence-electron chi connectivity index (χ3n) is 5.89. The van der Waals surface area contributed by atoms with Gasteiger partial charge in [0, 0.05) is 19.0 Å². The lowest BCUT2D eigenvalue weighted by Gasteiger charge is -2.39. The van der Waals surface area contributed by atoms with Gasteiger partial charge in [-0.2, -0.15) is 4.98 Å². The summed E-state index contributed by atoms with van der Waals surface area (Å²) >= 11 is 7.83. The molecule has 3 saturated heterocycles. The zero-order chi connectivity index (χ0) is 18.2. The van der Waals surface area contributed by atoms with E-state index in [-0.39, 0.29) is 0 Å². The normalized spacial score (nSPS) is 23.1. The fourth-order valence-corrected chi connectivity index (χ4v) is 5.38. The van der Waals surface area contributed by atoms with E-state index >= 15 is 0 Å². The Morgan fingerprint density at radius 2 is 1.74 bits per heavy atom. The monoisotopic (exact) mass is 409 g/mol. The van der Waals surface area contributed by atoms with Crippen molar-refractivity contribution in [3.05, 3.63) is 10.3 Å². The van der Waals surface area contributed by atoms with Crippen molar-refractivity contribution < 1.29 is 9.47 Å². The first-order chi connectivity index (χ1) is 13.3. The molecule has 2 aromatic heterocycles. The van der Waals surface area contributed by atoms with Crippen LogP contribution in [-0.2, 0) is 16.0 Å². The summed E-state index contributed by atoms with van der Waals surface area (Å²) < 4.78 is 10.8. The Balaban J connectivity index is 1.31. The molecule has 3 aliphatic rings. The molecule has 5 heterocycles. The number of anilines is 1. The fourth-order valence-electron chi connectivity index (χ4n) is 4.19. The van der Waals surface area contributed by atoms with Crippen LogP contribution in [0.4, 0.5) is 5.82 Å². The third kappa shape index (κ3) is 3.78. The van der Waals surface area contributed by atoms with Gasteiger partial charge in [0.1, 0.15) is 10.5 Å². The maximum atomic E-state index is 6.19. The Morgan fingerprint density at radius 1 is 0.963 bits per heavy atom. The Bertz CT molecular complexity index is 800. The highest BCUT2D eigenvalue weighted by molar-refractivity contribution is 7.18. The summed E-state index contributed by atoms with van der Waals surface area (Å²) in [6.07, 6.45) is 2.53. The van der Waals surface area contributed by atoms with E-state index in [1.54, 1.807) is 11.3 Å². The lowest BCUT2D eigenvalue weighted by molar-refractivity contribution is -0.0726. The average Bonchev–Trinajstić information content (AvgIpc) is 3.04. The molecule has 2 aromatic rings. The number of hydrogen-bond donors (Lipinski definition) is 0. The van der Waals surface area contributed by atoms with Crippen molar-refractivity contribution in [3.8, 4) is 0 Å². The van der Waals surface area contributed by atoms with Gasteiger partial charge in [0.15, 0.2) is 10.6 Å². The summed E-state index contributed by atoms with van der Waals surface area (Å²) in [6.45, 7) is 8.14. The second kappa shape index (κ2) is 7.75. The summed E-state index contributed by atoms with van der Waals surface area (Å²) in [6, 6.07) is 0. The van der Waals surface area contributed by atoms with E-state index in [2.05, 4.69) is 19.8 Å². The summed E-state index contributed by atoms with van der Waals surface area (Å²) in [7, 11) is 0. The first kappa shape index (κ1) is 18.0. The molecule has 0 spiro atoms. The highest BCUT2D eigenvalue weighted by atomic mass is 35.5. The van der Waals surface area contributed by atoms with Crippen LogP contribution >= 0.6 is 22.9 Å². The van der Waals surface area contributed by atoms with E-state index < -0.39 is 0 Å². The van der Waals surface area contributed by atoms with Crippen LogP contribution in [0.2, 0.25) is 5.28 Å². The van der Waals surface area contributed by atoms with Gasteiger partial charge in [0.2, 0.25) is 5.28 Å². The number of hydrogen-bond acceptors (Lipinski definition) is 8. The van der Waals surface area contributed by atoms with Gasteiger partial charge in [-0.15, -0.1) is 0 Å². The molecule has 0 atom stereocenters. The minimum absolute atomic E-state index is 0.294. The molecule has 3 aliphatic heterocycles. The number of likely N-dealkylation sites (tertiary alicyclic amines) is 1. The summed E-state index contributed by atoms with van der Waals surface area (Å²) in [4.78, 5) is 19.4. The molecule has 27 heavy (non-hydrogen) atoms. The molecule has 0 unspecified atom stereocenters. The molecular weight excluding hydrogens is 386 g/mol. The first-order valence-electron chi connectivity index (χ1n) is 9.72. The Hall–Kier alpha value is -1.06. The predicted octanol–water partition coefficient (Wildman–Crippen LogP) is 2.43. The van der Waals surface area contributed by atoms with Crippen LogP contribution < -0.4 is 4.90 Å². The molecule has 9 heteroatoms. The second-order valence-electron chi connectivity index (χ2n) is 7.59. The number of fused-ring (bicyclic) bond motifs is 1. The molecule has 146 valence electrons. The van der Waals surface area contributed by atoms with Gasteiger partial charge < -0.3 is 14.4 Å². The van der Waals surface area contributed by atoms with Gasteiger partial charge in [-0.25, -0.2) is 9.97 Å². The third-order valence-corrected chi connectivity index (χ3v) is 6.99. The molecule has 0 N–H and O–H groups in total. The molecule has 0 aliphatic carbocycles. The predicted molar refractivity (Wildman–Crippen MR) is 106 cm³/mol. The van der Waals surface area contributed by atoms with E-state index in [0.717, 1.165) is 78.9 Å². The molecule has 0 aromatic carbocycles. The van der Waals surface area contributed by atoms with Crippen LogP contribution in [-0.4, -0.2) is 72.5 Å². The van der Waals surface area contributed by atoms with Crippen LogP contribution in [0.3, 0.4) is 0 Å². The van der Waals surface area contributed by atoms with Crippen molar-refractivity contribution in [2.24, 2.45) is 11.8 Å². The topological polar surface area (TPSA) is 63.6 Å². The minimum atomic E-state index is 0.294. The first-order valence-corrected chi connectivity index (χ1v) is 10.9. The summed E-state index contributed by atoms with van der Waals surface area (Å²) in [5.74, 6) is 2.48. The molecular formula is C18H24ClN5O2S. The van der Waals surface area contributed by atoms with Crippen LogP contribution in [0.5, 0.6) is 0 Å². The van der Waals surface area contributed by atoms with E-state index in [1.165, 1.54) is 12.8 Å². The van der Waals surface area contributed by atoms with Crippen molar-refractivity contribution in [1.82, 2.24) is 19.9 Å². The molecule has 0 radical (unpaired) electrons. The van der Waals surface area contributed by atoms with E-state index in [9.17, 15) is 0 Å². The van der Waals surface area contributed by atoms with Gasteiger partial charge in [0.05, 0.1) is 33.0 Å². The number of nitrogens with zero attached hydrogens (tertiary/aromatic N) is 5. The van der Waals surface area contributed by atoms with Crippen LogP contribution in [0.15, 0.2) is 0 Å². The molecule has 0 saturated carbocycles. The van der Waals surface area contributed by atoms with Crippen molar-refractivity contribution >= 4 is 39.1 Å². The largest absolute Gasteiger partial charge is 0.381 e. The summed E-state index contributed by atoms with van der Waals surface area (Å²) in [5.41, 5.74) is 0.878. The van der Waals surface area contributed by atoms with E-state index in [0.29, 0.717) is 18.5 Å². The Kier molecular flexibility index (Phi) is 5.17. The molecule has 0 bridgehead atoms. The van der Waals surface area contributed by atoms with Crippen molar-refractivity contribution in [1.29, 1.82) is 0 Å². The minimum Gasteiger partial charge on any atom is -0.381 e. The van der Waals surface area contributed by atoms with Crippen molar-refractivity contribution in [3.63, 3.8) is 0 Å². The number of ether oxygens (including phenoxy) is 2. The van der Waals surface area contributed by atoms with Crippen LogP contribution in [0.1, 0.15) is 17.8 Å². The maximum Gasteiger partial charge on any atom is 0.225 e. The summed E-state index contributed by atoms with van der Waals surface area (Å²) in [5, 5.41) is 1.39. The quantitative estimate of drug-likeness (QED) is 0.718. The highest BCUT2D eigenvalue weighted by Crippen LogP contribution is 2.33. The number of halogens is 1.